The van der Waals surface area contributed by atoms with Gasteiger partial charge in [-0.2, -0.15) is 0 Å². The molecule has 9 heteroatoms. The number of carbonyl (C=O) groups excluding carboxylic acids is 2. The molecule has 36 heavy (non-hydrogen) atoms. The number of nitrogens with one attached hydrogen (secondary N) is 1. The van der Waals surface area contributed by atoms with E-state index >= 15 is 0 Å². The van der Waals surface area contributed by atoms with E-state index in [1.165, 1.54) is 30.1 Å². The van der Waals surface area contributed by atoms with Crippen molar-refractivity contribution in [3.63, 3.8) is 0 Å². The minimum absolute atomic E-state index is 0.0464. The molecule has 3 aromatic rings. The zero-order chi connectivity index (χ0) is 26.3. The Morgan fingerprint density at radius 3 is 2.17 bits per heavy atom. The van der Waals surface area contributed by atoms with Crippen LogP contribution in [0.2, 0.25) is 5.02 Å². The fourth-order valence-electron chi connectivity index (χ4n) is 3.95. The Kier molecular flexibility index (Phi) is 9.12. The third kappa shape index (κ3) is 6.25. The molecule has 0 bridgehead atoms. The van der Waals surface area contributed by atoms with E-state index in [0.717, 1.165) is 9.87 Å². The summed E-state index contributed by atoms with van der Waals surface area (Å²) in [5.74, 6) is -0.827. The highest BCUT2D eigenvalue weighted by Crippen LogP contribution is 2.30. The summed E-state index contributed by atoms with van der Waals surface area (Å²) in [5, 5.41) is 2.95. The van der Waals surface area contributed by atoms with Crippen molar-refractivity contribution in [2.45, 2.75) is 37.8 Å². The van der Waals surface area contributed by atoms with Crippen LogP contribution in [0.1, 0.15) is 24.5 Å². The Bertz CT molecular complexity index is 1300. The fraction of sp³-hybridized carbons (Fsp3) is 0.259. The largest absolute Gasteiger partial charge is 0.357 e. The van der Waals surface area contributed by atoms with Crippen LogP contribution in [0.3, 0.4) is 0 Å². The number of aryl methyl sites for hydroxylation is 1. The molecule has 0 saturated carbocycles. The number of hydrogen-bond donors (Lipinski definition) is 1. The maximum atomic E-state index is 13.8. The summed E-state index contributed by atoms with van der Waals surface area (Å²) in [4.78, 5) is 28.0. The molecule has 2 amide bonds. The van der Waals surface area contributed by atoms with Crippen molar-refractivity contribution in [3.05, 3.63) is 95.0 Å². The van der Waals surface area contributed by atoms with Gasteiger partial charge in [-0.1, -0.05) is 73.1 Å². The van der Waals surface area contributed by atoms with Crippen molar-refractivity contribution in [1.29, 1.82) is 0 Å². The molecule has 0 aliphatic rings. The van der Waals surface area contributed by atoms with Gasteiger partial charge >= 0.3 is 0 Å². The number of rotatable bonds is 10. The molecule has 3 rings (SSSR count). The van der Waals surface area contributed by atoms with Crippen molar-refractivity contribution in [2.75, 3.05) is 17.9 Å². The molecule has 1 N–H and O–H groups in total. The van der Waals surface area contributed by atoms with Crippen LogP contribution < -0.4 is 9.62 Å². The summed E-state index contributed by atoms with van der Waals surface area (Å²) in [6.45, 7) is 3.22. The zero-order valence-electron chi connectivity index (χ0n) is 20.5. The molecule has 0 heterocycles. The second-order valence-corrected chi connectivity index (χ2v) is 10.6. The van der Waals surface area contributed by atoms with Gasteiger partial charge in [0.25, 0.3) is 10.0 Å². The van der Waals surface area contributed by atoms with E-state index < -0.39 is 28.5 Å². The zero-order valence-corrected chi connectivity index (χ0v) is 22.1. The summed E-state index contributed by atoms with van der Waals surface area (Å²) < 4.78 is 28.6. The molecular formula is C27H30ClN3O4S. The third-order valence-corrected chi connectivity index (χ3v) is 7.89. The predicted molar refractivity (Wildman–Crippen MR) is 142 cm³/mol. The van der Waals surface area contributed by atoms with Gasteiger partial charge in [-0.25, -0.2) is 8.42 Å². The topological polar surface area (TPSA) is 86.8 Å². The number of likely N-dealkylation sites (N-methyl/N-ethyl adjacent to an activating group) is 1. The maximum absolute atomic E-state index is 13.8. The van der Waals surface area contributed by atoms with E-state index in [4.69, 9.17) is 11.6 Å². The van der Waals surface area contributed by atoms with Crippen LogP contribution in [0.5, 0.6) is 0 Å². The number of anilines is 1. The van der Waals surface area contributed by atoms with Crippen molar-refractivity contribution < 1.29 is 18.0 Å². The molecule has 3 aromatic carbocycles. The summed E-state index contributed by atoms with van der Waals surface area (Å²) >= 11 is 6.23. The van der Waals surface area contributed by atoms with E-state index in [1.54, 1.807) is 37.3 Å². The van der Waals surface area contributed by atoms with E-state index in [-0.39, 0.29) is 17.3 Å². The Morgan fingerprint density at radius 2 is 1.58 bits per heavy atom. The lowest BCUT2D eigenvalue weighted by Gasteiger charge is -2.33. The van der Waals surface area contributed by atoms with Crippen molar-refractivity contribution in [2.24, 2.45) is 0 Å². The SMILES string of the molecule is CCC(C(=O)NC)N(Cc1ccccc1)C(=O)CN(c1cc(Cl)ccc1C)S(=O)(=O)c1ccccc1. The molecule has 1 atom stereocenters. The number of nitrogens with zero attached hydrogens (tertiary/aromatic N) is 2. The van der Waals surface area contributed by atoms with Crippen LogP contribution >= 0.6 is 11.6 Å². The highest BCUT2D eigenvalue weighted by molar-refractivity contribution is 7.92. The quantitative estimate of drug-likeness (QED) is 0.423. The van der Waals surface area contributed by atoms with Gasteiger partial charge in [0.15, 0.2) is 0 Å². The van der Waals surface area contributed by atoms with Gasteiger partial charge in [0.1, 0.15) is 12.6 Å². The van der Waals surface area contributed by atoms with Crippen molar-refractivity contribution in [1.82, 2.24) is 10.2 Å². The van der Waals surface area contributed by atoms with Crippen LogP contribution in [0, 0.1) is 6.92 Å². The molecule has 0 saturated heterocycles. The van der Waals surface area contributed by atoms with E-state index in [9.17, 15) is 18.0 Å². The standard InChI is InChI=1S/C27H30ClN3O4S/c1-4-24(27(33)29-3)30(18-21-11-7-5-8-12-21)26(32)19-31(25-17-22(28)16-15-20(25)2)36(34,35)23-13-9-6-10-14-23/h5-17,24H,4,18-19H2,1-3H3,(H,29,33). The molecule has 0 aromatic heterocycles. The molecule has 0 aliphatic carbocycles. The second-order valence-electron chi connectivity index (χ2n) is 8.30. The average molecular weight is 528 g/mol. The van der Waals surface area contributed by atoms with Gasteiger partial charge < -0.3 is 10.2 Å². The van der Waals surface area contributed by atoms with Gasteiger partial charge in [0.05, 0.1) is 10.6 Å². The van der Waals surface area contributed by atoms with Crippen LogP contribution in [-0.4, -0.2) is 44.8 Å². The molecule has 1 unspecified atom stereocenters. The van der Waals surface area contributed by atoms with Gasteiger partial charge in [-0.3, -0.25) is 13.9 Å². The van der Waals surface area contributed by atoms with E-state index in [2.05, 4.69) is 5.32 Å². The lowest BCUT2D eigenvalue weighted by Crippen LogP contribution is -2.51. The minimum atomic E-state index is -4.13. The van der Waals surface area contributed by atoms with Crippen molar-refractivity contribution in [3.8, 4) is 0 Å². The van der Waals surface area contributed by atoms with E-state index in [0.29, 0.717) is 22.7 Å². The monoisotopic (exact) mass is 527 g/mol. The van der Waals surface area contributed by atoms with Crippen molar-refractivity contribution >= 4 is 39.1 Å². The maximum Gasteiger partial charge on any atom is 0.264 e. The number of sulfonamides is 1. The smallest absolute Gasteiger partial charge is 0.264 e. The average Bonchev–Trinajstić information content (AvgIpc) is 2.89. The first kappa shape index (κ1) is 27.2. The summed E-state index contributed by atoms with van der Waals surface area (Å²) in [6.07, 6.45) is 0.361. The minimum Gasteiger partial charge on any atom is -0.357 e. The highest BCUT2D eigenvalue weighted by atomic mass is 35.5. The van der Waals surface area contributed by atoms with Crippen LogP contribution in [0.4, 0.5) is 5.69 Å². The highest BCUT2D eigenvalue weighted by Gasteiger charge is 2.33. The van der Waals surface area contributed by atoms with Gasteiger partial charge in [-0.05, 0) is 48.7 Å². The van der Waals surface area contributed by atoms with Gasteiger partial charge in [0, 0.05) is 18.6 Å². The first-order valence-corrected chi connectivity index (χ1v) is 13.4. The first-order valence-electron chi connectivity index (χ1n) is 11.6. The summed E-state index contributed by atoms with van der Waals surface area (Å²) in [7, 11) is -2.61. The lowest BCUT2D eigenvalue weighted by atomic mass is 10.1. The Hall–Kier alpha value is -3.36. The molecule has 0 radical (unpaired) electrons. The number of halogens is 1. The van der Waals surface area contributed by atoms with Crippen LogP contribution in [0.25, 0.3) is 0 Å². The molecule has 0 aliphatic heterocycles. The summed E-state index contributed by atoms with van der Waals surface area (Å²) in [5.41, 5.74) is 1.76. The van der Waals surface area contributed by atoms with Gasteiger partial charge in [0.2, 0.25) is 11.8 Å². The van der Waals surface area contributed by atoms with E-state index in [1.807, 2.05) is 37.3 Å². The molecule has 7 nitrogen and oxygen atoms in total. The Balaban J connectivity index is 2.08. The Labute approximate surface area is 217 Å². The first-order chi connectivity index (χ1) is 17.2. The number of benzene rings is 3. The van der Waals surface area contributed by atoms with Gasteiger partial charge in [-0.15, -0.1) is 0 Å². The predicted octanol–water partition coefficient (Wildman–Crippen LogP) is 4.40. The molecular weight excluding hydrogens is 498 g/mol. The van der Waals surface area contributed by atoms with Crippen LogP contribution in [-0.2, 0) is 26.2 Å². The summed E-state index contributed by atoms with van der Waals surface area (Å²) in [6, 6.07) is 21.3. The lowest BCUT2D eigenvalue weighted by molar-refractivity contribution is -0.140. The number of hydrogen-bond acceptors (Lipinski definition) is 4. The number of amides is 2. The third-order valence-electron chi connectivity index (χ3n) is 5.88. The normalized spacial score (nSPS) is 12.0. The number of carbonyl (C=O) groups is 2. The Morgan fingerprint density at radius 1 is 0.972 bits per heavy atom. The fourth-order valence-corrected chi connectivity index (χ4v) is 5.61. The molecule has 0 fully saturated rings. The molecule has 0 spiro atoms. The second kappa shape index (κ2) is 12.1. The van der Waals surface area contributed by atoms with Crippen LogP contribution in [0.15, 0.2) is 83.8 Å². The molecule has 190 valence electrons.